The number of hydrogen-bond donors (Lipinski definition) is 1. The quantitative estimate of drug-likeness (QED) is 0.860. The molecule has 1 N–H and O–H groups in total. The molecule has 114 valence electrons. The Labute approximate surface area is 132 Å². The summed E-state index contributed by atoms with van der Waals surface area (Å²) in [7, 11) is 1.71. The Balaban J connectivity index is 2.36. The van der Waals surface area contributed by atoms with Gasteiger partial charge in [0.1, 0.15) is 5.75 Å². The fourth-order valence-electron chi connectivity index (χ4n) is 2.32. The van der Waals surface area contributed by atoms with E-state index < -0.39 is 0 Å². The standard InChI is InChI=1S/C18H25NOS/c1-6-19-17(13-8-7-9-14(12-13)20-5)15-10-11-16(21-15)18(2,3)4/h7-12,17,19H,6H2,1-5H3. The lowest BCUT2D eigenvalue weighted by Gasteiger charge is -2.19. The van der Waals surface area contributed by atoms with Gasteiger partial charge in [0.15, 0.2) is 0 Å². The molecule has 0 aliphatic heterocycles. The number of hydrogen-bond acceptors (Lipinski definition) is 3. The first-order valence-corrected chi connectivity index (χ1v) is 8.25. The van der Waals surface area contributed by atoms with Gasteiger partial charge in [-0.25, -0.2) is 0 Å². The smallest absolute Gasteiger partial charge is 0.119 e. The van der Waals surface area contributed by atoms with Gasteiger partial charge in [-0.15, -0.1) is 11.3 Å². The van der Waals surface area contributed by atoms with E-state index in [0.29, 0.717) is 0 Å². The van der Waals surface area contributed by atoms with Gasteiger partial charge >= 0.3 is 0 Å². The number of rotatable bonds is 5. The van der Waals surface area contributed by atoms with E-state index in [0.717, 1.165) is 12.3 Å². The van der Waals surface area contributed by atoms with Crippen molar-refractivity contribution in [3.8, 4) is 5.75 Å². The maximum absolute atomic E-state index is 5.35. The Kier molecular flexibility index (Phi) is 5.07. The third-order valence-corrected chi connectivity index (χ3v) is 5.06. The molecule has 1 aromatic heterocycles. The van der Waals surface area contributed by atoms with Gasteiger partial charge in [-0.2, -0.15) is 0 Å². The molecule has 0 bridgehead atoms. The first-order valence-electron chi connectivity index (χ1n) is 7.43. The molecule has 1 atom stereocenters. The van der Waals surface area contributed by atoms with Crippen LogP contribution >= 0.6 is 11.3 Å². The van der Waals surface area contributed by atoms with Crippen LogP contribution in [0, 0.1) is 0 Å². The summed E-state index contributed by atoms with van der Waals surface area (Å²) in [4.78, 5) is 2.78. The van der Waals surface area contributed by atoms with Crippen molar-refractivity contribution in [3.05, 3.63) is 51.7 Å². The molecule has 21 heavy (non-hydrogen) atoms. The van der Waals surface area contributed by atoms with Crippen molar-refractivity contribution in [3.63, 3.8) is 0 Å². The Hall–Kier alpha value is -1.32. The summed E-state index contributed by atoms with van der Waals surface area (Å²) in [6, 6.07) is 13.0. The number of benzene rings is 1. The molecule has 1 unspecified atom stereocenters. The molecule has 2 aromatic rings. The number of nitrogens with one attached hydrogen (secondary N) is 1. The highest BCUT2D eigenvalue weighted by atomic mass is 32.1. The van der Waals surface area contributed by atoms with Gasteiger partial charge in [0.05, 0.1) is 13.2 Å². The minimum atomic E-state index is 0.202. The highest BCUT2D eigenvalue weighted by molar-refractivity contribution is 7.12. The second kappa shape index (κ2) is 6.63. The fourth-order valence-corrected chi connectivity index (χ4v) is 3.49. The molecule has 0 amide bonds. The van der Waals surface area contributed by atoms with E-state index in [1.807, 2.05) is 17.4 Å². The topological polar surface area (TPSA) is 21.3 Å². The molecule has 0 spiro atoms. The predicted molar refractivity (Wildman–Crippen MR) is 91.5 cm³/mol. The van der Waals surface area contributed by atoms with E-state index in [9.17, 15) is 0 Å². The summed E-state index contributed by atoms with van der Waals surface area (Å²) >= 11 is 1.89. The normalized spacial score (nSPS) is 13.2. The summed E-state index contributed by atoms with van der Waals surface area (Å²) in [6.45, 7) is 9.86. The minimum absolute atomic E-state index is 0.202. The van der Waals surface area contributed by atoms with Gasteiger partial charge in [-0.1, -0.05) is 39.8 Å². The Morgan fingerprint density at radius 1 is 1.19 bits per heavy atom. The number of methoxy groups -OCH3 is 1. The zero-order valence-corrected chi connectivity index (χ0v) is 14.4. The van der Waals surface area contributed by atoms with Crippen molar-refractivity contribution >= 4 is 11.3 Å². The Morgan fingerprint density at radius 2 is 1.95 bits per heavy atom. The van der Waals surface area contributed by atoms with E-state index in [2.05, 4.69) is 63.3 Å². The SMILES string of the molecule is CCNC(c1cccc(OC)c1)c1ccc(C(C)(C)C)s1. The molecular formula is C18H25NOS. The van der Waals surface area contributed by atoms with Gasteiger partial charge < -0.3 is 10.1 Å². The summed E-state index contributed by atoms with van der Waals surface area (Å²) in [5.74, 6) is 0.906. The lowest BCUT2D eigenvalue weighted by molar-refractivity contribution is 0.413. The van der Waals surface area contributed by atoms with Crippen molar-refractivity contribution in [2.75, 3.05) is 13.7 Å². The maximum Gasteiger partial charge on any atom is 0.119 e. The lowest BCUT2D eigenvalue weighted by atomic mass is 9.95. The first kappa shape index (κ1) is 16.1. The van der Waals surface area contributed by atoms with Gasteiger partial charge in [-0.3, -0.25) is 0 Å². The third kappa shape index (κ3) is 3.86. The lowest BCUT2D eigenvalue weighted by Crippen LogP contribution is -2.21. The average molecular weight is 303 g/mol. The second-order valence-corrected chi connectivity index (χ2v) is 7.33. The molecule has 0 saturated carbocycles. The van der Waals surface area contributed by atoms with Gasteiger partial charge in [0, 0.05) is 9.75 Å². The molecule has 0 radical (unpaired) electrons. The van der Waals surface area contributed by atoms with Crippen LogP contribution in [0.25, 0.3) is 0 Å². The fraction of sp³-hybridized carbons (Fsp3) is 0.444. The maximum atomic E-state index is 5.35. The molecule has 0 aliphatic rings. The molecule has 1 aromatic carbocycles. The molecule has 0 fully saturated rings. The number of thiophene rings is 1. The van der Waals surface area contributed by atoms with Crippen LogP contribution < -0.4 is 10.1 Å². The molecule has 0 saturated heterocycles. The van der Waals surface area contributed by atoms with Crippen LogP contribution in [0.5, 0.6) is 5.75 Å². The van der Waals surface area contributed by atoms with Crippen LogP contribution in [-0.4, -0.2) is 13.7 Å². The number of ether oxygens (including phenoxy) is 1. The van der Waals surface area contributed by atoms with Crippen LogP contribution in [0.2, 0.25) is 0 Å². The van der Waals surface area contributed by atoms with Crippen molar-refractivity contribution < 1.29 is 4.74 Å². The molecule has 2 rings (SSSR count). The van der Waals surface area contributed by atoms with Gasteiger partial charge in [0.2, 0.25) is 0 Å². The van der Waals surface area contributed by atoms with Crippen LogP contribution in [0.4, 0.5) is 0 Å². The monoisotopic (exact) mass is 303 g/mol. The Morgan fingerprint density at radius 3 is 2.52 bits per heavy atom. The largest absolute Gasteiger partial charge is 0.497 e. The summed E-state index contributed by atoms with van der Waals surface area (Å²) in [5.41, 5.74) is 1.45. The molecule has 1 heterocycles. The molecule has 3 heteroatoms. The third-order valence-electron chi connectivity index (χ3n) is 3.49. The van der Waals surface area contributed by atoms with Crippen molar-refractivity contribution in [1.82, 2.24) is 5.32 Å². The van der Waals surface area contributed by atoms with E-state index in [4.69, 9.17) is 4.74 Å². The molecular weight excluding hydrogens is 278 g/mol. The van der Waals surface area contributed by atoms with Crippen molar-refractivity contribution in [2.45, 2.75) is 39.2 Å². The van der Waals surface area contributed by atoms with Crippen LogP contribution in [0.1, 0.15) is 49.1 Å². The summed E-state index contributed by atoms with van der Waals surface area (Å²) in [6.07, 6.45) is 0. The van der Waals surface area contributed by atoms with Crippen LogP contribution in [0.3, 0.4) is 0 Å². The highest BCUT2D eigenvalue weighted by Crippen LogP contribution is 2.35. The first-order chi connectivity index (χ1) is 9.95. The zero-order chi connectivity index (χ0) is 15.5. The highest BCUT2D eigenvalue weighted by Gasteiger charge is 2.20. The van der Waals surface area contributed by atoms with Crippen LogP contribution in [0.15, 0.2) is 36.4 Å². The molecule has 2 nitrogen and oxygen atoms in total. The molecule has 0 aliphatic carbocycles. The van der Waals surface area contributed by atoms with Gasteiger partial charge in [0.25, 0.3) is 0 Å². The predicted octanol–water partition coefficient (Wildman–Crippen LogP) is 4.75. The summed E-state index contributed by atoms with van der Waals surface area (Å²) in [5, 5.41) is 3.59. The van der Waals surface area contributed by atoms with E-state index >= 15 is 0 Å². The summed E-state index contributed by atoms with van der Waals surface area (Å²) < 4.78 is 5.35. The zero-order valence-electron chi connectivity index (χ0n) is 13.6. The average Bonchev–Trinajstić information content (AvgIpc) is 2.94. The van der Waals surface area contributed by atoms with Gasteiger partial charge in [-0.05, 0) is 41.8 Å². The van der Waals surface area contributed by atoms with E-state index in [1.54, 1.807) is 7.11 Å². The van der Waals surface area contributed by atoms with Crippen LogP contribution in [-0.2, 0) is 5.41 Å². The minimum Gasteiger partial charge on any atom is -0.497 e. The van der Waals surface area contributed by atoms with Crippen molar-refractivity contribution in [2.24, 2.45) is 0 Å². The van der Waals surface area contributed by atoms with E-state index in [1.165, 1.54) is 15.3 Å². The Bertz CT molecular complexity index is 583. The van der Waals surface area contributed by atoms with E-state index in [-0.39, 0.29) is 11.5 Å². The van der Waals surface area contributed by atoms with Crippen molar-refractivity contribution in [1.29, 1.82) is 0 Å². The second-order valence-electron chi connectivity index (χ2n) is 6.22.